The van der Waals surface area contributed by atoms with Crippen LogP contribution in [-0.2, 0) is 0 Å². The summed E-state index contributed by atoms with van der Waals surface area (Å²) in [7, 11) is 0. The Morgan fingerprint density at radius 2 is 0.769 bits per heavy atom. The summed E-state index contributed by atoms with van der Waals surface area (Å²) < 4.78 is 0. The fraction of sp³-hybridized carbons (Fsp3) is 0. The maximum atomic E-state index is 5.14. The number of hydrogen-bond donors (Lipinski definition) is 0. The van der Waals surface area contributed by atoms with Gasteiger partial charge in [0.1, 0.15) is 0 Å². The molecule has 0 N–H and O–H groups in total. The smallest absolute Gasteiger partial charge is 0.0716 e. The highest BCUT2D eigenvalue weighted by atomic mass is 14.7. The Morgan fingerprint density at radius 1 is 0.269 bits per heavy atom. The van der Waals surface area contributed by atoms with E-state index in [1.54, 1.807) is 0 Å². The summed E-state index contributed by atoms with van der Waals surface area (Å²) >= 11 is 0. The molecule has 2 heteroatoms. The van der Waals surface area contributed by atoms with E-state index in [0.29, 0.717) is 0 Å². The Kier molecular flexibility index (Phi) is 7.18. The molecule has 2 heterocycles. The van der Waals surface area contributed by atoms with Crippen LogP contribution < -0.4 is 0 Å². The van der Waals surface area contributed by atoms with Gasteiger partial charge in [0.05, 0.1) is 16.9 Å². The summed E-state index contributed by atoms with van der Waals surface area (Å²) in [6, 6.07) is 67.2. The van der Waals surface area contributed by atoms with Crippen LogP contribution in [0.3, 0.4) is 0 Å². The van der Waals surface area contributed by atoms with Crippen molar-refractivity contribution in [3.8, 4) is 55.9 Å². The lowest BCUT2D eigenvalue weighted by Crippen LogP contribution is -1.92. The van der Waals surface area contributed by atoms with Crippen molar-refractivity contribution in [2.24, 2.45) is 0 Å². The van der Waals surface area contributed by atoms with Crippen molar-refractivity contribution in [2.75, 3.05) is 0 Å². The van der Waals surface area contributed by atoms with E-state index in [1.807, 2.05) is 12.3 Å². The summed E-state index contributed by atoms with van der Waals surface area (Å²) in [5, 5.41) is 8.81. The van der Waals surface area contributed by atoms with E-state index in [2.05, 4.69) is 182 Å². The van der Waals surface area contributed by atoms with Crippen LogP contribution in [-0.4, -0.2) is 9.97 Å². The van der Waals surface area contributed by atoms with Crippen LogP contribution in [0, 0.1) is 0 Å². The molecule has 8 aromatic carbocycles. The Morgan fingerprint density at radius 3 is 1.42 bits per heavy atom. The molecule has 0 aliphatic heterocycles. The first-order chi connectivity index (χ1) is 25.8. The number of nitrogens with zero attached hydrogens (tertiary/aromatic N) is 2. The molecule has 2 aromatic heterocycles. The molecule has 0 atom stereocenters. The molecule has 0 aliphatic rings. The highest BCUT2D eigenvalue weighted by Gasteiger charge is 2.13. The van der Waals surface area contributed by atoms with Crippen molar-refractivity contribution in [1.82, 2.24) is 9.97 Å². The Balaban J connectivity index is 1.04. The fourth-order valence-electron chi connectivity index (χ4n) is 7.71. The van der Waals surface area contributed by atoms with Crippen LogP contribution in [0.1, 0.15) is 0 Å². The fourth-order valence-corrected chi connectivity index (χ4v) is 7.71. The molecule has 0 bridgehead atoms. The van der Waals surface area contributed by atoms with Crippen molar-refractivity contribution < 1.29 is 0 Å². The number of pyridine rings is 2. The van der Waals surface area contributed by atoms with E-state index >= 15 is 0 Å². The number of fused-ring (bicyclic) bond motifs is 7. The van der Waals surface area contributed by atoms with Crippen LogP contribution in [0.15, 0.2) is 194 Å². The van der Waals surface area contributed by atoms with E-state index in [-0.39, 0.29) is 0 Å². The highest BCUT2D eigenvalue weighted by Crippen LogP contribution is 2.38. The second-order valence-electron chi connectivity index (χ2n) is 13.4. The number of hydrogen-bond acceptors (Lipinski definition) is 2. The van der Waals surface area contributed by atoms with Crippen LogP contribution in [0.25, 0.3) is 99.1 Å². The van der Waals surface area contributed by atoms with Crippen LogP contribution >= 0.6 is 0 Å². The van der Waals surface area contributed by atoms with Gasteiger partial charge in [0.15, 0.2) is 0 Å². The average molecular weight is 661 g/mol. The average Bonchev–Trinajstić information content (AvgIpc) is 3.23. The predicted octanol–water partition coefficient (Wildman–Crippen LogP) is 13.4. The van der Waals surface area contributed by atoms with Crippen molar-refractivity contribution >= 4 is 43.2 Å². The van der Waals surface area contributed by atoms with Gasteiger partial charge >= 0.3 is 0 Å². The molecule has 10 aromatic rings. The van der Waals surface area contributed by atoms with Gasteiger partial charge in [0.2, 0.25) is 0 Å². The molecule has 0 fully saturated rings. The zero-order chi connectivity index (χ0) is 34.4. The molecule has 242 valence electrons. The summed E-state index contributed by atoms with van der Waals surface area (Å²) in [6.45, 7) is 0. The lowest BCUT2D eigenvalue weighted by molar-refractivity contribution is 1.32. The first kappa shape index (κ1) is 30.0. The quantitative estimate of drug-likeness (QED) is 0.172. The molecule has 0 aliphatic carbocycles. The van der Waals surface area contributed by atoms with Crippen LogP contribution in [0.2, 0.25) is 0 Å². The van der Waals surface area contributed by atoms with Gasteiger partial charge in [-0.25, -0.2) is 4.98 Å². The van der Waals surface area contributed by atoms with Crippen molar-refractivity contribution in [3.05, 3.63) is 194 Å². The summed E-state index contributed by atoms with van der Waals surface area (Å²) in [4.78, 5) is 10.1. The molecule has 0 saturated heterocycles. The minimum absolute atomic E-state index is 0.925. The molecule has 0 spiro atoms. The lowest BCUT2D eigenvalue weighted by atomic mass is 9.91. The Hall–Kier alpha value is -6.90. The molecule has 0 amide bonds. The monoisotopic (exact) mass is 660 g/mol. The molecule has 0 saturated carbocycles. The van der Waals surface area contributed by atoms with E-state index < -0.39 is 0 Å². The number of aromatic nitrogens is 2. The minimum atomic E-state index is 0.925. The summed E-state index contributed by atoms with van der Waals surface area (Å²) in [5.74, 6) is 0. The first-order valence-corrected chi connectivity index (χ1v) is 17.7. The lowest BCUT2D eigenvalue weighted by Gasteiger charge is -2.13. The van der Waals surface area contributed by atoms with Crippen molar-refractivity contribution in [3.63, 3.8) is 0 Å². The third-order valence-corrected chi connectivity index (χ3v) is 10.3. The highest BCUT2D eigenvalue weighted by molar-refractivity contribution is 6.25. The second kappa shape index (κ2) is 12.5. The van der Waals surface area contributed by atoms with Gasteiger partial charge in [-0.15, -0.1) is 0 Å². The second-order valence-corrected chi connectivity index (χ2v) is 13.4. The summed E-state index contributed by atoms with van der Waals surface area (Å²) in [6.07, 6.45) is 1.97. The number of benzene rings is 8. The molecule has 52 heavy (non-hydrogen) atoms. The van der Waals surface area contributed by atoms with Gasteiger partial charge in [0, 0.05) is 28.3 Å². The zero-order valence-corrected chi connectivity index (χ0v) is 28.4. The third kappa shape index (κ3) is 5.21. The van der Waals surface area contributed by atoms with E-state index in [9.17, 15) is 0 Å². The van der Waals surface area contributed by atoms with Crippen LogP contribution in [0.4, 0.5) is 0 Å². The van der Waals surface area contributed by atoms with Crippen molar-refractivity contribution in [1.29, 1.82) is 0 Å². The maximum absolute atomic E-state index is 5.14. The van der Waals surface area contributed by atoms with E-state index in [1.165, 1.54) is 49.0 Å². The topological polar surface area (TPSA) is 25.8 Å². The normalized spacial score (nSPS) is 11.5. The maximum Gasteiger partial charge on any atom is 0.0716 e. The number of rotatable bonds is 5. The van der Waals surface area contributed by atoms with Crippen LogP contribution in [0.5, 0.6) is 0 Å². The van der Waals surface area contributed by atoms with Gasteiger partial charge in [-0.2, -0.15) is 0 Å². The predicted molar refractivity (Wildman–Crippen MR) is 219 cm³/mol. The first-order valence-electron chi connectivity index (χ1n) is 17.7. The molecule has 10 rings (SSSR count). The molecule has 0 radical (unpaired) electrons. The minimum Gasteiger partial charge on any atom is -0.256 e. The van der Waals surface area contributed by atoms with Gasteiger partial charge in [-0.05, 0) is 96.5 Å². The molecule has 0 unspecified atom stereocenters. The largest absolute Gasteiger partial charge is 0.256 e. The Bertz CT molecular complexity index is 2910. The SMILES string of the molecule is c1ccc(-c2ccc(-c3cc(-c4cccc(-c5cccc(-c6ccc7c8ccccc8c8ccccc8c7c6)c5)c4)nc4ccccc34)nc2)cc1. The third-order valence-electron chi connectivity index (χ3n) is 10.3. The van der Waals surface area contributed by atoms with E-state index in [0.717, 1.165) is 50.1 Å². The van der Waals surface area contributed by atoms with E-state index in [4.69, 9.17) is 9.97 Å². The van der Waals surface area contributed by atoms with Gasteiger partial charge in [-0.1, -0.05) is 152 Å². The van der Waals surface area contributed by atoms with Gasteiger partial charge in [-0.3, -0.25) is 4.98 Å². The van der Waals surface area contributed by atoms with Gasteiger partial charge < -0.3 is 0 Å². The zero-order valence-electron chi connectivity index (χ0n) is 28.4. The molecular weight excluding hydrogens is 629 g/mol. The molecule has 2 nitrogen and oxygen atoms in total. The van der Waals surface area contributed by atoms with Crippen molar-refractivity contribution in [2.45, 2.75) is 0 Å². The molecular formula is C50H32N2. The van der Waals surface area contributed by atoms with Gasteiger partial charge in [0.25, 0.3) is 0 Å². The number of para-hydroxylation sites is 1. The Labute approximate surface area is 302 Å². The summed E-state index contributed by atoms with van der Waals surface area (Å²) in [5.41, 5.74) is 11.9. The standard InChI is InChI=1S/C50H32N2/c1-2-12-33(13-3-1)39-25-27-48(51-32-39)47-31-50(52-49-23-9-8-22-45(47)49)38-17-11-16-36(29-38)34-14-10-15-35(28-34)37-24-26-44-42-20-5-4-18-40(42)41-19-6-7-21-43(41)46(44)30-37/h1-32H.